The molecule has 29 heavy (non-hydrogen) atoms. The zero-order chi connectivity index (χ0) is 20.4. The second-order valence-corrected chi connectivity index (χ2v) is 8.11. The molecule has 0 amide bonds. The van der Waals surface area contributed by atoms with Crippen LogP contribution in [0.15, 0.2) is 60.8 Å². The number of fused-ring (bicyclic) bond motifs is 1. The molecular formula is C24H27FN2O2. The van der Waals surface area contributed by atoms with Crippen molar-refractivity contribution in [3.63, 3.8) is 0 Å². The SMILES string of the molecule is CCOC(CC1(C)Cc2cnn(-c3ccc(F)cc3)c2CC1O)c1ccccc1. The smallest absolute Gasteiger partial charge is 0.123 e. The Bertz CT molecular complexity index is 955. The zero-order valence-corrected chi connectivity index (χ0v) is 16.9. The Hall–Kier alpha value is -2.50. The van der Waals surface area contributed by atoms with E-state index in [2.05, 4.69) is 24.2 Å². The molecule has 5 heteroatoms. The van der Waals surface area contributed by atoms with E-state index >= 15 is 0 Å². The number of aliphatic hydroxyl groups is 1. The maximum absolute atomic E-state index is 13.3. The third-order valence-corrected chi connectivity index (χ3v) is 6.00. The summed E-state index contributed by atoms with van der Waals surface area (Å²) in [7, 11) is 0. The molecule has 3 aromatic rings. The maximum atomic E-state index is 13.3. The quantitative estimate of drug-likeness (QED) is 0.662. The molecule has 0 bridgehead atoms. The van der Waals surface area contributed by atoms with Crippen molar-refractivity contribution in [3.8, 4) is 5.69 Å². The lowest BCUT2D eigenvalue weighted by molar-refractivity contribution is -0.0344. The Kier molecular flexibility index (Phi) is 5.52. The van der Waals surface area contributed by atoms with Crippen molar-refractivity contribution in [2.75, 3.05) is 6.61 Å². The first-order valence-corrected chi connectivity index (χ1v) is 10.2. The molecular weight excluding hydrogens is 367 g/mol. The van der Waals surface area contributed by atoms with E-state index in [4.69, 9.17) is 4.74 Å². The molecule has 1 aliphatic carbocycles. The molecule has 0 radical (unpaired) electrons. The fourth-order valence-electron chi connectivity index (χ4n) is 4.33. The summed E-state index contributed by atoms with van der Waals surface area (Å²) in [6, 6.07) is 16.5. The van der Waals surface area contributed by atoms with Crippen LogP contribution in [0.3, 0.4) is 0 Å². The van der Waals surface area contributed by atoms with Gasteiger partial charge in [-0.15, -0.1) is 0 Å². The predicted molar refractivity (Wildman–Crippen MR) is 110 cm³/mol. The van der Waals surface area contributed by atoms with E-state index in [1.54, 1.807) is 12.1 Å². The highest BCUT2D eigenvalue weighted by molar-refractivity contribution is 5.37. The van der Waals surface area contributed by atoms with Gasteiger partial charge >= 0.3 is 0 Å². The first kappa shape index (κ1) is 19.8. The van der Waals surface area contributed by atoms with Gasteiger partial charge in [0.15, 0.2) is 0 Å². The molecule has 0 saturated carbocycles. The second kappa shape index (κ2) is 8.09. The van der Waals surface area contributed by atoms with Crippen LogP contribution in [0.1, 0.15) is 43.2 Å². The van der Waals surface area contributed by atoms with E-state index in [9.17, 15) is 9.50 Å². The lowest BCUT2D eigenvalue weighted by Gasteiger charge is -2.40. The second-order valence-electron chi connectivity index (χ2n) is 8.11. The molecule has 1 N–H and O–H groups in total. The normalized spacial score (nSPS) is 22.3. The highest BCUT2D eigenvalue weighted by Crippen LogP contribution is 2.43. The molecule has 0 fully saturated rings. The highest BCUT2D eigenvalue weighted by Gasteiger charge is 2.41. The van der Waals surface area contributed by atoms with Crippen molar-refractivity contribution in [3.05, 3.63) is 83.4 Å². The lowest BCUT2D eigenvalue weighted by atomic mass is 9.69. The Morgan fingerprint density at radius 2 is 1.93 bits per heavy atom. The number of hydrogen-bond donors (Lipinski definition) is 1. The highest BCUT2D eigenvalue weighted by atomic mass is 19.1. The first-order valence-electron chi connectivity index (χ1n) is 10.2. The molecule has 3 unspecified atom stereocenters. The van der Waals surface area contributed by atoms with Crippen LogP contribution in [0, 0.1) is 11.2 Å². The van der Waals surface area contributed by atoms with Crippen molar-refractivity contribution in [2.24, 2.45) is 5.41 Å². The third-order valence-electron chi connectivity index (χ3n) is 6.00. The van der Waals surface area contributed by atoms with Crippen molar-refractivity contribution < 1.29 is 14.2 Å². The van der Waals surface area contributed by atoms with Crippen molar-refractivity contribution in [2.45, 2.75) is 45.3 Å². The fourth-order valence-corrected chi connectivity index (χ4v) is 4.33. The summed E-state index contributed by atoms with van der Waals surface area (Å²) in [4.78, 5) is 0. The van der Waals surface area contributed by atoms with Crippen LogP contribution in [0.25, 0.3) is 5.69 Å². The van der Waals surface area contributed by atoms with Crippen LogP contribution < -0.4 is 0 Å². The average Bonchev–Trinajstić information content (AvgIpc) is 3.11. The summed E-state index contributed by atoms with van der Waals surface area (Å²) in [5.41, 5.74) is 3.74. The average molecular weight is 394 g/mol. The van der Waals surface area contributed by atoms with Crippen LogP contribution in [0.2, 0.25) is 0 Å². The van der Waals surface area contributed by atoms with Crippen molar-refractivity contribution in [1.29, 1.82) is 0 Å². The largest absolute Gasteiger partial charge is 0.392 e. The Morgan fingerprint density at radius 1 is 1.21 bits per heavy atom. The molecule has 3 atom stereocenters. The van der Waals surface area contributed by atoms with E-state index in [0.717, 1.165) is 35.3 Å². The van der Waals surface area contributed by atoms with Crippen LogP contribution in [-0.2, 0) is 17.6 Å². The van der Waals surface area contributed by atoms with Gasteiger partial charge in [-0.1, -0.05) is 37.3 Å². The van der Waals surface area contributed by atoms with Gasteiger partial charge in [-0.25, -0.2) is 9.07 Å². The molecule has 2 aromatic carbocycles. The van der Waals surface area contributed by atoms with Gasteiger partial charge in [0.1, 0.15) is 5.82 Å². The number of ether oxygens (including phenoxy) is 1. The summed E-state index contributed by atoms with van der Waals surface area (Å²) >= 11 is 0. The zero-order valence-electron chi connectivity index (χ0n) is 16.9. The van der Waals surface area contributed by atoms with Gasteiger partial charge in [-0.2, -0.15) is 5.10 Å². The molecule has 1 aromatic heterocycles. The molecule has 1 heterocycles. The van der Waals surface area contributed by atoms with Gasteiger partial charge in [0, 0.05) is 18.4 Å². The minimum absolute atomic E-state index is 0.0606. The summed E-state index contributed by atoms with van der Waals surface area (Å²) in [5.74, 6) is -0.273. The maximum Gasteiger partial charge on any atom is 0.123 e. The van der Waals surface area contributed by atoms with Crippen LogP contribution in [0.4, 0.5) is 4.39 Å². The minimum atomic E-state index is -0.516. The van der Waals surface area contributed by atoms with E-state index in [-0.39, 0.29) is 17.3 Å². The number of hydrogen-bond acceptors (Lipinski definition) is 3. The number of halogens is 1. The summed E-state index contributed by atoms with van der Waals surface area (Å²) in [5, 5.41) is 15.6. The molecule has 1 aliphatic rings. The molecule has 152 valence electrons. The van der Waals surface area contributed by atoms with Crippen LogP contribution >= 0.6 is 0 Å². The van der Waals surface area contributed by atoms with Crippen LogP contribution in [0.5, 0.6) is 0 Å². The van der Waals surface area contributed by atoms with Gasteiger partial charge in [0.2, 0.25) is 0 Å². The number of nitrogens with zero attached hydrogens (tertiary/aromatic N) is 2. The lowest BCUT2D eigenvalue weighted by Crippen LogP contribution is -2.41. The summed E-state index contributed by atoms with van der Waals surface area (Å²) in [6.45, 7) is 4.75. The van der Waals surface area contributed by atoms with E-state index in [1.807, 2.05) is 36.0 Å². The van der Waals surface area contributed by atoms with E-state index < -0.39 is 6.10 Å². The van der Waals surface area contributed by atoms with E-state index in [1.165, 1.54) is 12.1 Å². The first-order chi connectivity index (χ1) is 14.0. The molecule has 4 rings (SSSR count). The number of benzene rings is 2. The Balaban J connectivity index is 1.60. The number of aliphatic hydroxyl groups excluding tert-OH is 1. The number of rotatable bonds is 6. The Labute approximate surface area is 171 Å². The molecule has 4 nitrogen and oxygen atoms in total. The molecule has 0 saturated heterocycles. The number of aromatic nitrogens is 2. The third kappa shape index (κ3) is 3.98. The van der Waals surface area contributed by atoms with Crippen molar-refractivity contribution in [1.82, 2.24) is 9.78 Å². The van der Waals surface area contributed by atoms with Crippen LogP contribution in [-0.4, -0.2) is 27.6 Å². The minimum Gasteiger partial charge on any atom is -0.392 e. The standard InChI is InChI=1S/C24H27FN2O2/c1-3-29-22(17-7-5-4-6-8-17)15-24(2)14-18-16-26-27(21(18)13-23(24)28)20-11-9-19(25)10-12-20/h4-12,16,22-23,28H,3,13-15H2,1-2H3. The topological polar surface area (TPSA) is 47.3 Å². The fraction of sp³-hybridized carbons (Fsp3) is 0.375. The van der Waals surface area contributed by atoms with Crippen molar-refractivity contribution >= 4 is 0 Å². The van der Waals surface area contributed by atoms with Gasteiger partial charge < -0.3 is 9.84 Å². The van der Waals surface area contributed by atoms with Gasteiger partial charge in [0.05, 0.1) is 29.8 Å². The Morgan fingerprint density at radius 3 is 2.62 bits per heavy atom. The predicted octanol–water partition coefficient (Wildman–Crippen LogP) is 4.65. The molecule has 0 spiro atoms. The summed E-state index contributed by atoms with van der Waals surface area (Å²) < 4.78 is 21.1. The monoisotopic (exact) mass is 394 g/mol. The molecule has 0 aliphatic heterocycles. The summed E-state index contributed by atoms with van der Waals surface area (Å²) in [6.07, 6.45) is 3.26. The van der Waals surface area contributed by atoms with Gasteiger partial charge in [0.25, 0.3) is 0 Å². The van der Waals surface area contributed by atoms with E-state index in [0.29, 0.717) is 13.0 Å². The van der Waals surface area contributed by atoms with Gasteiger partial charge in [-0.3, -0.25) is 0 Å². The van der Waals surface area contributed by atoms with Gasteiger partial charge in [-0.05, 0) is 55.2 Å².